The Balaban J connectivity index is 3.32. The summed E-state index contributed by atoms with van der Waals surface area (Å²) in [5, 5.41) is 0. The third-order valence-electron chi connectivity index (χ3n) is 1.58. The van der Waals surface area contributed by atoms with Gasteiger partial charge in [-0.1, -0.05) is 6.92 Å². The Morgan fingerprint density at radius 2 is 1.62 bits per heavy atom. The van der Waals surface area contributed by atoms with Crippen molar-refractivity contribution in [2.45, 2.75) is 11.8 Å². The van der Waals surface area contributed by atoms with Crippen LogP contribution >= 0.6 is 0 Å². The molecule has 0 aliphatic heterocycles. The van der Waals surface area contributed by atoms with Crippen molar-refractivity contribution in [3.63, 3.8) is 0 Å². The lowest BCUT2D eigenvalue weighted by atomic mass is 10.3. The van der Waals surface area contributed by atoms with E-state index in [2.05, 4.69) is 0 Å². The number of halogens is 2. The summed E-state index contributed by atoms with van der Waals surface area (Å²) >= 11 is 0. The highest BCUT2D eigenvalue weighted by atomic mass is 32.2. The summed E-state index contributed by atoms with van der Waals surface area (Å²) in [6.07, 6.45) is 0. The van der Waals surface area contributed by atoms with E-state index in [4.69, 9.17) is 0 Å². The predicted octanol–water partition coefficient (Wildman–Crippen LogP) is 1.76. The summed E-state index contributed by atoms with van der Waals surface area (Å²) in [7, 11) is -3.52. The van der Waals surface area contributed by atoms with Gasteiger partial charge in [0.25, 0.3) is 0 Å². The Morgan fingerprint density at radius 1 is 1.15 bits per heavy atom. The van der Waals surface area contributed by atoms with Crippen LogP contribution in [0.2, 0.25) is 0 Å². The zero-order valence-corrected chi connectivity index (χ0v) is 7.74. The standard InChI is InChI=1S/C8H8F2O2S/c1-2-13(11,12)8-4-6(9)3-7(10)5-8/h3-5H,2H2,1H3. The van der Waals surface area contributed by atoms with Crippen LogP contribution in [-0.4, -0.2) is 14.2 Å². The Labute approximate surface area is 75.1 Å². The van der Waals surface area contributed by atoms with E-state index in [0.717, 1.165) is 12.1 Å². The first kappa shape index (κ1) is 10.1. The molecule has 0 radical (unpaired) electrons. The normalized spacial score (nSPS) is 11.6. The van der Waals surface area contributed by atoms with Crippen LogP contribution in [0.5, 0.6) is 0 Å². The average molecular weight is 206 g/mol. The minimum absolute atomic E-state index is 0.171. The van der Waals surface area contributed by atoms with Crippen molar-refractivity contribution in [2.75, 3.05) is 5.75 Å². The van der Waals surface area contributed by atoms with Crippen LogP contribution in [0.1, 0.15) is 6.92 Å². The number of hydrogen-bond donors (Lipinski definition) is 0. The van der Waals surface area contributed by atoms with Crippen LogP contribution in [0.3, 0.4) is 0 Å². The maximum atomic E-state index is 12.6. The molecule has 0 N–H and O–H groups in total. The molecule has 13 heavy (non-hydrogen) atoms. The monoisotopic (exact) mass is 206 g/mol. The highest BCUT2D eigenvalue weighted by molar-refractivity contribution is 7.91. The third-order valence-corrected chi connectivity index (χ3v) is 3.29. The minimum atomic E-state index is -3.52. The molecular formula is C8H8F2O2S. The van der Waals surface area contributed by atoms with Gasteiger partial charge < -0.3 is 0 Å². The maximum Gasteiger partial charge on any atom is 0.178 e. The van der Waals surface area contributed by atoms with Crippen LogP contribution in [0.15, 0.2) is 23.1 Å². The molecule has 1 rings (SSSR count). The second-order valence-corrected chi connectivity index (χ2v) is 4.79. The SMILES string of the molecule is CCS(=O)(=O)c1cc(F)cc(F)c1. The van der Waals surface area contributed by atoms with E-state index in [1.54, 1.807) is 0 Å². The van der Waals surface area contributed by atoms with Gasteiger partial charge in [-0.3, -0.25) is 0 Å². The molecule has 0 fully saturated rings. The third kappa shape index (κ3) is 2.24. The zero-order chi connectivity index (χ0) is 10.1. The number of benzene rings is 1. The van der Waals surface area contributed by atoms with E-state index in [-0.39, 0.29) is 10.6 Å². The van der Waals surface area contributed by atoms with Gasteiger partial charge in [0.15, 0.2) is 9.84 Å². The van der Waals surface area contributed by atoms with E-state index in [9.17, 15) is 17.2 Å². The van der Waals surface area contributed by atoms with Gasteiger partial charge in [-0.25, -0.2) is 17.2 Å². The molecule has 72 valence electrons. The van der Waals surface area contributed by atoms with Crippen molar-refractivity contribution < 1.29 is 17.2 Å². The minimum Gasteiger partial charge on any atom is -0.224 e. The zero-order valence-electron chi connectivity index (χ0n) is 6.92. The number of sulfone groups is 1. The summed E-state index contributed by atoms with van der Waals surface area (Å²) in [5.74, 6) is -1.94. The molecule has 0 atom stereocenters. The molecule has 1 aromatic rings. The predicted molar refractivity (Wildman–Crippen MR) is 44.1 cm³/mol. The van der Waals surface area contributed by atoms with E-state index in [1.807, 2.05) is 0 Å². The van der Waals surface area contributed by atoms with Crippen molar-refractivity contribution in [1.29, 1.82) is 0 Å². The van der Waals surface area contributed by atoms with Crippen LogP contribution in [-0.2, 0) is 9.84 Å². The first-order valence-corrected chi connectivity index (χ1v) is 5.30. The summed E-state index contributed by atoms with van der Waals surface area (Å²) in [6.45, 7) is 1.41. The van der Waals surface area contributed by atoms with Gasteiger partial charge in [0.05, 0.1) is 10.6 Å². The van der Waals surface area contributed by atoms with Crippen LogP contribution in [0.4, 0.5) is 8.78 Å². The molecule has 0 bridgehead atoms. The van der Waals surface area contributed by atoms with Gasteiger partial charge in [0, 0.05) is 6.07 Å². The molecule has 0 saturated heterocycles. The second kappa shape index (κ2) is 3.41. The quantitative estimate of drug-likeness (QED) is 0.738. The highest BCUT2D eigenvalue weighted by Crippen LogP contribution is 2.14. The average Bonchev–Trinajstić information content (AvgIpc) is 2.02. The molecule has 0 aromatic heterocycles. The fourth-order valence-electron chi connectivity index (χ4n) is 0.875. The summed E-state index contributed by atoms with van der Waals surface area (Å²) in [4.78, 5) is -0.312. The maximum absolute atomic E-state index is 12.6. The summed E-state index contributed by atoms with van der Waals surface area (Å²) < 4.78 is 47.5. The molecule has 5 heteroatoms. The molecule has 0 aliphatic carbocycles. The first-order valence-electron chi connectivity index (χ1n) is 3.64. The van der Waals surface area contributed by atoms with Gasteiger partial charge >= 0.3 is 0 Å². The van der Waals surface area contributed by atoms with Crippen LogP contribution < -0.4 is 0 Å². The fourth-order valence-corrected chi connectivity index (χ4v) is 1.79. The van der Waals surface area contributed by atoms with Gasteiger partial charge in [0.1, 0.15) is 11.6 Å². The van der Waals surface area contributed by atoms with Crippen LogP contribution in [0, 0.1) is 11.6 Å². The Hall–Kier alpha value is -0.970. The smallest absolute Gasteiger partial charge is 0.178 e. The molecule has 2 nitrogen and oxygen atoms in total. The number of hydrogen-bond acceptors (Lipinski definition) is 2. The Morgan fingerprint density at radius 3 is 2.00 bits per heavy atom. The lowest BCUT2D eigenvalue weighted by Crippen LogP contribution is -2.04. The Bertz CT molecular complexity index is 392. The van der Waals surface area contributed by atoms with Crippen molar-refractivity contribution >= 4 is 9.84 Å². The van der Waals surface area contributed by atoms with Gasteiger partial charge in [0.2, 0.25) is 0 Å². The van der Waals surface area contributed by atoms with Gasteiger partial charge in [-0.15, -0.1) is 0 Å². The molecule has 0 amide bonds. The van der Waals surface area contributed by atoms with Crippen molar-refractivity contribution in [3.05, 3.63) is 29.8 Å². The fraction of sp³-hybridized carbons (Fsp3) is 0.250. The molecule has 0 saturated carbocycles. The van der Waals surface area contributed by atoms with Crippen molar-refractivity contribution in [3.8, 4) is 0 Å². The highest BCUT2D eigenvalue weighted by Gasteiger charge is 2.13. The van der Waals surface area contributed by atoms with E-state index in [0.29, 0.717) is 6.07 Å². The molecular weight excluding hydrogens is 198 g/mol. The van der Waals surface area contributed by atoms with Crippen LogP contribution in [0.25, 0.3) is 0 Å². The lowest BCUT2D eigenvalue weighted by Gasteiger charge is -2.00. The van der Waals surface area contributed by atoms with Crippen molar-refractivity contribution in [1.82, 2.24) is 0 Å². The van der Waals surface area contributed by atoms with Crippen molar-refractivity contribution in [2.24, 2.45) is 0 Å². The van der Waals surface area contributed by atoms with E-state index >= 15 is 0 Å². The lowest BCUT2D eigenvalue weighted by molar-refractivity contribution is 0.567. The molecule has 1 aromatic carbocycles. The second-order valence-electron chi connectivity index (χ2n) is 2.51. The van der Waals surface area contributed by atoms with E-state index < -0.39 is 21.5 Å². The summed E-state index contributed by atoms with van der Waals surface area (Å²) in [6, 6.07) is 2.25. The number of rotatable bonds is 2. The summed E-state index contributed by atoms with van der Waals surface area (Å²) in [5.41, 5.74) is 0. The first-order chi connectivity index (χ1) is 5.95. The van der Waals surface area contributed by atoms with Gasteiger partial charge in [-0.05, 0) is 12.1 Å². The Kier molecular flexibility index (Phi) is 2.66. The molecule has 0 unspecified atom stereocenters. The largest absolute Gasteiger partial charge is 0.224 e. The van der Waals surface area contributed by atoms with Gasteiger partial charge in [-0.2, -0.15) is 0 Å². The molecule has 0 heterocycles. The topological polar surface area (TPSA) is 34.1 Å². The molecule has 0 aliphatic rings. The molecule has 0 spiro atoms. The van der Waals surface area contributed by atoms with E-state index in [1.165, 1.54) is 6.92 Å².